The Balaban J connectivity index is 2.08. The first-order valence-electron chi connectivity index (χ1n) is 7.68. The van der Waals surface area contributed by atoms with Gasteiger partial charge in [-0.2, -0.15) is 5.10 Å². The highest BCUT2D eigenvalue weighted by Gasteiger charge is 2.18. The topological polar surface area (TPSA) is 64.0 Å². The second-order valence-electron chi connectivity index (χ2n) is 5.57. The molecule has 0 bridgehead atoms. The van der Waals surface area contributed by atoms with Crippen molar-refractivity contribution < 1.29 is 4.79 Å². The number of rotatable bonds is 3. The highest BCUT2D eigenvalue weighted by Crippen LogP contribution is 2.21. The Kier molecular flexibility index (Phi) is 4.79. The van der Waals surface area contributed by atoms with Crippen LogP contribution in [0.25, 0.3) is 10.9 Å². The van der Waals surface area contributed by atoms with Crippen LogP contribution in [0, 0.1) is 6.92 Å². The Morgan fingerprint density at radius 3 is 2.64 bits per heavy atom. The lowest BCUT2D eigenvalue weighted by molar-refractivity contribution is 0.101. The molecule has 128 valence electrons. The molecule has 3 aromatic rings. The van der Waals surface area contributed by atoms with E-state index in [9.17, 15) is 9.59 Å². The van der Waals surface area contributed by atoms with E-state index in [1.54, 1.807) is 41.1 Å². The van der Waals surface area contributed by atoms with Crippen molar-refractivity contribution in [2.75, 3.05) is 5.32 Å². The summed E-state index contributed by atoms with van der Waals surface area (Å²) < 4.78 is 1.60. The first kappa shape index (κ1) is 17.5. The number of benzene rings is 2. The van der Waals surface area contributed by atoms with Gasteiger partial charge in [0.25, 0.3) is 5.91 Å². The number of hydrogen-bond donors (Lipinski definition) is 1. The average Bonchev–Trinajstić information content (AvgIpc) is 2.59. The SMILES string of the molecule is CCn1nc(C(=O)Nc2ccc(C)c(Cl)c2)c(=O)c2cc(Cl)ccc21. The Hall–Kier alpha value is -2.37. The van der Waals surface area contributed by atoms with Crippen LogP contribution in [0.1, 0.15) is 23.0 Å². The lowest BCUT2D eigenvalue weighted by Crippen LogP contribution is -2.27. The smallest absolute Gasteiger partial charge is 0.280 e. The molecule has 25 heavy (non-hydrogen) atoms. The van der Waals surface area contributed by atoms with Crippen molar-refractivity contribution in [3.05, 3.63) is 67.9 Å². The average molecular weight is 376 g/mol. The van der Waals surface area contributed by atoms with Crippen LogP contribution >= 0.6 is 23.2 Å². The van der Waals surface area contributed by atoms with Crippen LogP contribution in [-0.2, 0) is 6.54 Å². The van der Waals surface area contributed by atoms with E-state index in [1.807, 2.05) is 13.8 Å². The molecule has 0 aliphatic heterocycles. The van der Waals surface area contributed by atoms with E-state index in [1.165, 1.54) is 0 Å². The molecule has 1 heterocycles. The van der Waals surface area contributed by atoms with E-state index >= 15 is 0 Å². The quantitative estimate of drug-likeness (QED) is 0.742. The van der Waals surface area contributed by atoms with E-state index < -0.39 is 11.3 Å². The van der Waals surface area contributed by atoms with Gasteiger partial charge in [-0.05, 0) is 49.7 Å². The van der Waals surface area contributed by atoms with Gasteiger partial charge in [-0.1, -0.05) is 29.3 Å². The van der Waals surface area contributed by atoms with Crippen LogP contribution in [0.15, 0.2) is 41.2 Å². The molecule has 0 atom stereocenters. The van der Waals surface area contributed by atoms with Gasteiger partial charge in [0.1, 0.15) is 0 Å². The van der Waals surface area contributed by atoms with Crippen LogP contribution in [0.5, 0.6) is 0 Å². The molecule has 0 spiro atoms. The molecule has 1 amide bonds. The van der Waals surface area contributed by atoms with Gasteiger partial charge in [-0.25, -0.2) is 0 Å². The van der Waals surface area contributed by atoms with E-state index in [2.05, 4.69) is 10.4 Å². The summed E-state index contributed by atoms with van der Waals surface area (Å²) in [6.45, 7) is 4.25. The van der Waals surface area contributed by atoms with Crippen LogP contribution in [-0.4, -0.2) is 15.7 Å². The molecule has 0 unspecified atom stereocenters. The number of carbonyl (C=O) groups is 1. The van der Waals surface area contributed by atoms with Crippen LogP contribution < -0.4 is 10.7 Å². The molecule has 2 aromatic carbocycles. The van der Waals surface area contributed by atoms with Crippen molar-refractivity contribution in [3.8, 4) is 0 Å². The van der Waals surface area contributed by atoms with Crippen molar-refractivity contribution in [1.29, 1.82) is 0 Å². The summed E-state index contributed by atoms with van der Waals surface area (Å²) in [5.41, 5.74) is 1.38. The van der Waals surface area contributed by atoms with Crippen molar-refractivity contribution in [2.24, 2.45) is 0 Å². The summed E-state index contributed by atoms with van der Waals surface area (Å²) >= 11 is 12.1. The van der Waals surface area contributed by atoms with Gasteiger partial charge in [0.15, 0.2) is 5.69 Å². The van der Waals surface area contributed by atoms with E-state index in [-0.39, 0.29) is 5.69 Å². The Labute approximate surface area is 154 Å². The second kappa shape index (κ2) is 6.86. The molecule has 0 saturated heterocycles. The summed E-state index contributed by atoms with van der Waals surface area (Å²) in [5, 5.41) is 8.18. The lowest BCUT2D eigenvalue weighted by Gasteiger charge is -2.11. The maximum Gasteiger partial charge on any atom is 0.280 e. The number of anilines is 1. The molecule has 0 radical (unpaired) electrons. The zero-order chi connectivity index (χ0) is 18.1. The molecule has 7 heteroatoms. The molecule has 1 N–H and O–H groups in total. The Bertz CT molecular complexity index is 1040. The Morgan fingerprint density at radius 1 is 1.20 bits per heavy atom. The lowest BCUT2D eigenvalue weighted by atomic mass is 10.2. The fraction of sp³-hybridized carbons (Fsp3) is 0.167. The highest BCUT2D eigenvalue weighted by molar-refractivity contribution is 6.32. The first-order chi connectivity index (χ1) is 11.9. The summed E-state index contributed by atoms with van der Waals surface area (Å²) in [6, 6.07) is 10.1. The predicted molar refractivity (Wildman–Crippen MR) is 101 cm³/mol. The molecule has 1 aromatic heterocycles. The summed E-state index contributed by atoms with van der Waals surface area (Å²) in [6.07, 6.45) is 0. The summed E-state index contributed by atoms with van der Waals surface area (Å²) in [5.74, 6) is -0.589. The van der Waals surface area contributed by atoms with Crippen molar-refractivity contribution in [3.63, 3.8) is 0 Å². The number of nitrogens with zero attached hydrogens (tertiary/aromatic N) is 2. The molecular weight excluding hydrogens is 361 g/mol. The highest BCUT2D eigenvalue weighted by atomic mass is 35.5. The largest absolute Gasteiger partial charge is 0.320 e. The van der Waals surface area contributed by atoms with E-state index in [4.69, 9.17) is 23.2 Å². The maximum absolute atomic E-state index is 12.7. The molecule has 0 aliphatic carbocycles. The minimum atomic E-state index is -0.589. The fourth-order valence-electron chi connectivity index (χ4n) is 2.51. The molecule has 0 fully saturated rings. The number of halogens is 2. The van der Waals surface area contributed by atoms with Gasteiger partial charge in [-0.15, -0.1) is 0 Å². The molecular formula is C18H15Cl2N3O2. The monoisotopic (exact) mass is 375 g/mol. The van der Waals surface area contributed by atoms with Gasteiger partial charge in [0.05, 0.1) is 10.9 Å². The molecule has 0 saturated carbocycles. The van der Waals surface area contributed by atoms with E-state index in [0.29, 0.717) is 33.2 Å². The van der Waals surface area contributed by atoms with Crippen molar-refractivity contribution in [2.45, 2.75) is 20.4 Å². The number of hydrogen-bond acceptors (Lipinski definition) is 3. The Morgan fingerprint density at radius 2 is 1.96 bits per heavy atom. The molecule has 3 rings (SSSR count). The summed E-state index contributed by atoms with van der Waals surface area (Å²) in [7, 11) is 0. The standard InChI is InChI=1S/C18H15Cl2N3O2/c1-3-23-15-7-5-11(19)8-13(15)17(24)16(22-23)18(25)21-12-6-4-10(2)14(20)9-12/h4-9H,3H2,1-2H3,(H,21,25). The normalized spacial score (nSPS) is 10.9. The summed E-state index contributed by atoms with van der Waals surface area (Å²) in [4.78, 5) is 25.2. The fourth-order valence-corrected chi connectivity index (χ4v) is 2.87. The third kappa shape index (κ3) is 3.38. The number of nitrogens with one attached hydrogen (secondary N) is 1. The minimum Gasteiger partial charge on any atom is -0.320 e. The van der Waals surface area contributed by atoms with Gasteiger partial charge in [-0.3, -0.25) is 14.3 Å². The van der Waals surface area contributed by atoms with Crippen molar-refractivity contribution >= 4 is 45.7 Å². The molecule has 0 aliphatic rings. The number of fused-ring (bicyclic) bond motifs is 1. The molecule has 5 nitrogen and oxygen atoms in total. The van der Waals surface area contributed by atoms with Crippen LogP contribution in [0.4, 0.5) is 5.69 Å². The van der Waals surface area contributed by atoms with Crippen molar-refractivity contribution in [1.82, 2.24) is 9.78 Å². The number of carbonyl (C=O) groups excluding carboxylic acids is 1. The van der Waals surface area contributed by atoms with Crippen LogP contribution in [0.3, 0.4) is 0 Å². The van der Waals surface area contributed by atoms with Gasteiger partial charge < -0.3 is 5.32 Å². The zero-order valence-corrected chi connectivity index (χ0v) is 15.1. The number of aryl methyl sites for hydroxylation is 2. The first-order valence-corrected chi connectivity index (χ1v) is 8.44. The number of amides is 1. The third-order valence-electron chi connectivity index (χ3n) is 3.86. The predicted octanol–water partition coefficient (Wildman–Crippen LogP) is 4.28. The second-order valence-corrected chi connectivity index (χ2v) is 6.42. The zero-order valence-electron chi connectivity index (χ0n) is 13.6. The number of aromatic nitrogens is 2. The van der Waals surface area contributed by atoms with Gasteiger partial charge in [0.2, 0.25) is 5.43 Å². The van der Waals surface area contributed by atoms with Gasteiger partial charge in [0, 0.05) is 22.3 Å². The third-order valence-corrected chi connectivity index (χ3v) is 4.50. The maximum atomic E-state index is 12.7. The minimum absolute atomic E-state index is 0.187. The van der Waals surface area contributed by atoms with Crippen LogP contribution in [0.2, 0.25) is 10.0 Å². The van der Waals surface area contributed by atoms with Gasteiger partial charge >= 0.3 is 0 Å². The van der Waals surface area contributed by atoms with E-state index in [0.717, 1.165) is 5.56 Å².